The van der Waals surface area contributed by atoms with E-state index in [1.165, 1.54) is 6.07 Å². The van der Waals surface area contributed by atoms with Gasteiger partial charge in [0.25, 0.3) is 6.01 Å². The van der Waals surface area contributed by atoms with E-state index in [1.54, 1.807) is 12.1 Å². The maximum absolute atomic E-state index is 14.6. The topological polar surface area (TPSA) is 89.4 Å². The molecule has 2 heterocycles. The van der Waals surface area contributed by atoms with Crippen molar-refractivity contribution in [2.24, 2.45) is 0 Å². The molecule has 2 N–H and O–H groups in total. The molecule has 1 fully saturated rings. The summed E-state index contributed by atoms with van der Waals surface area (Å²) in [7, 11) is -2.94. The Hall–Kier alpha value is -2.45. The molecule has 0 saturated carbocycles. The molecule has 0 aliphatic carbocycles. The van der Waals surface area contributed by atoms with Gasteiger partial charge in [-0.05, 0) is 17.7 Å². The number of nitrogen functional groups attached to an aromatic ring is 1. The van der Waals surface area contributed by atoms with Gasteiger partial charge in [0, 0.05) is 30.8 Å². The van der Waals surface area contributed by atoms with Crippen molar-refractivity contribution in [3.05, 3.63) is 47.8 Å². The van der Waals surface area contributed by atoms with E-state index in [1.807, 2.05) is 23.1 Å². The fourth-order valence-corrected chi connectivity index (χ4v) is 4.46. The van der Waals surface area contributed by atoms with Gasteiger partial charge in [0.1, 0.15) is 11.3 Å². The number of hydrogen-bond donors (Lipinski definition) is 1. The maximum Gasteiger partial charge on any atom is 0.293 e. The molecule has 3 aromatic rings. The van der Waals surface area contributed by atoms with Gasteiger partial charge in [0.05, 0.1) is 11.5 Å². The van der Waals surface area contributed by atoms with E-state index >= 15 is 0 Å². The molecule has 136 valence electrons. The molecule has 4 rings (SSSR count). The molecule has 0 bridgehead atoms. The Kier molecular flexibility index (Phi) is 4.16. The first-order valence-corrected chi connectivity index (χ1v) is 10.1. The number of para-hydroxylation sites is 1. The lowest BCUT2D eigenvalue weighted by Gasteiger charge is -2.26. The highest BCUT2D eigenvalue weighted by Crippen LogP contribution is 2.31. The van der Waals surface area contributed by atoms with E-state index in [4.69, 9.17) is 10.2 Å². The summed E-state index contributed by atoms with van der Waals surface area (Å²) >= 11 is 0. The summed E-state index contributed by atoms with van der Waals surface area (Å²) in [4.78, 5) is 6.05. The van der Waals surface area contributed by atoms with Crippen LogP contribution in [0, 0.1) is 5.82 Å². The second-order valence-corrected chi connectivity index (χ2v) is 8.74. The van der Waals surface area contributed by atoms with Gasteiger partial charge in [-0.25, -0.2) is 12.8 Å². The minimum absolute atomic E-state index is 0.0737. The third-order valence-corrected chi connectivity index (χ3v) is 6.24. The van der Waals surface area contributed by atoms with Gasteiger partial charge in [-0.3, -0.25) is 4.90 Å². The molecule has 2 aromatic carbocycles. The summed E-state index contributed by atoms with van der Waals surface area (Å²) in [5.74, 6) is -0.0797. The Morgan fingerprint density at radius 3 is 2.69 bits per heavy atom. The molecule has 1 saturated heterocycles. The zero-order valence-corrected chi connectivity index (χ0v) is 14.8. The van der Waals surface area contributed by atoms with Crippen molar-refractivity contribution in [3.63, 3.8) is 0 Å². The first-order chi connectivity index (χ1) is 12.4. The van der Waals surface area contributed by atoms with Gasteiger partial charge in [-0.1, -0.05) is 24.3 Å². The maximum atomic E-state index is 14.6. The van der Waals surface area contributed by atoms with E-state index in [-0.39, 0.29) is 23.3 Å². The average Bonchev–Trinajstić information content (AvgIpc) is 2.98. The van der Waals surface area contributed by atoms with Crippen LogP contribution in [0.1, 0.15) is 5.56 Å². The molecule has 1 aromatic heterocycles. The van der Waals surface area contributed by atoms with Gasteiger partial charge in [-0.2, -0.15) is 4.98 Å². The molecule has 1 aliphatic rings. The highest BCUT2D eigenvalue weighted by molar-refractivity contribution is 7.91. The first-order valence-electron chi connectivity index (χ1n) is 8.28. The quantitative estimate of drug-likeness (QED) is 0.756. The Bertz CT molecular complexity index is 1060. The van der Waals surface area contributed by atoms with Crippen LogP contribution >= 0.6 is 0 Å². The van der Waals surface area contributed by atoms with E-state index in [0.29, 0.717) is 41.9 Å². The normalized spacial score (nSPS) is 17.6. The predicted molar refractivity (Wildman–Crippen MR) is 97.7 cm³/mol. The van der Waals surface area contributed by atoms with Crippen LogP contribution in [0.5, 0.6) is 0 Å². The summed E-state index contributed by atoms with van der Waals surface area (Å²) in [5, 5.41) is 0. The summed E-state index contributed by atoms with van der Waals surface area (Å²) in [5.41, 5.74) is 8.70. The van der Waals surface area contributed by atoms with E-state index < -0.39 is 9.84 Å². The Labute approximate surface area is 150 Å². The fourth-order valence-electron chi connectivity index (χ4n) is 3.19. The summed E-state index contributed by atoms with van der Waals surface area (Å²) in [6, 6.07) is 10.5. The number of halogens is 1. The van der Waals surface area contributed by atoms with Crippen LogP contribution in [0.25, 0.3) is 22.2 Å². The van der Waals surface area contributed by atoms with Gasteiger partial charge >= 0.3 is 0 Å². The lowest BCUT2D eigenvalue weighted by atomic mass is 10.0. The number of sulfone groups is 1. The second-order valence-electron chi connectivity index (χ2n) is 6.44. The second kappa shape index (κ2) is 6.37. The van der Waals surface area contributed by atoms with Crippen LogP contribution in [0.2, 0.25) is 0 Å². The van der Waals surface area contributed by atoms with E-state index in [0.717, 1.165) is 5.56 Å². The number of aromatic nitrogens is 1. The van der Waals surface area contributed by atoms with Crippen LogP contribution in [0.15, 0.2) is 40.8 Å². The van der Waals surface area contributed by atoms with Crippen LogP contribution in [-0.4, -0.2) is 42.9 Å². The molecule has 1 aliphatic heterocycles. The van der Waals surface area contributed by atoms with Crippen LogP contribution in [-0.2, 0) is 16.4 Å². The number of hydrogen-bond acceptors (Lipinski definition) is 6. The first kappa shape index (κ1) is 17.0. The van der Waals surface area contributed by atoms with E-state index in [2.05, 4.69) is 4.98 Å². The molecule has 0 atom stereocenters. The molecule has 0 radical (unpaired) electrons. The van der Waals surface area contributed by atoms with Gasteiger partial charge in [0.2, 0.25) is 0 Å². The third-order valence-electron chi connectivity index (χ3n) is 4.63. The van der Waals surface area contributed by atoms with Crippen molar-refractivity contribution < 1.29 is 17.2 Å². The molecule has 0 unspecified atom stereocenters. The number of rotatable bonds is 3. The van der Waals surface area contributed by atoms with Crippen molar-refractivity contribution >= 4 is 27.0 Å². The Morgan fingerprint density at radius 2 is 1.96 bits per heavy atom. The lowest BCUT2D eigenvalue weighted by molar-refractivity contribution is 0.283. The van der Waals surface area contributed by atoms with Crippen molar-refractivity contribution in [1.82, 2.24) is 9.88 Å². The van der Waals surface area contributed by atoms with Crippen LogP contribution in [0.3, 0.4) is 0 Å². The van der Waals surface area contributed by atoms with Crippen LogP contribution in [0.4, 0.5) is 10.4 Å². The summed E-state index contributed by atoms with van der Waals surface area (Å²) in [6.07, 6.45) is 0. The van der Waals surface area contributed by atoms with Crippen molar-refractivity contribution in [2.75, 3.05) is 30.3 Å². The minimum atomic E-state index is -2.94. The Balaban J connectivity index is 1.60. The predicted octanol–water partition coefficient (Wildman–Crippen LogP) is 2.45. The number of anilines is 1. The molecule has 6 nitrogen and oxygen atoms in total. The standard InChI is InChI=1S/C18H18FN3O3S/c19-15-10-12(14-2-1-3-16-17(14)25-18(20)21-16)4-5-13(15)11-22-6-8-26(23,24)9-7-22/h1-5,10H,6-9,11H2,(H2,20,21). The summed E-state index contributed by atoms with van der Waals surface area (Å²) < 4.78 is 43.1. The average molecular weight is 375 g/mol. The lowest BCUT2D eigenvalue weighted by Crippen LogP contribution is -2.39. The third kappa shape index (κ3) is 3.30. The highest BCUT2D eigenvalue weighted by Gasteiger charge is 2.22. The minimum Gasteiger partial charge on any atom is -0.423 e. The SMILES string of the molecule is Nc1nc2cccc(-c3ccc(CN4CCS(=O)(=O)CC4)c(F)c3)c2o1. The van der Waals surface area contributed by atoms with Gasteiger partial charge < -0.3 is 10.2 Å². The monoisotopic (exact) mass is 375 g/mol. The smallest absolute Gasteiger partial charge is 0.293 e. The Morgan fingerprint density at radius 1 is 1.19 bits per heavy atom. The van der Waals surface area contributed by atoms with Gasteiger partial charge in [0.15, 0.2) is 15.4 Å². The van der Waals surface area contributed by atoms with Crippen molar-refractivity contribution in [1.29, 1.82) is 0 Å². The fraction of sp³-hybridized carbons (Fsp3) is 0.278. The molecule has 26 heavy (non-hydrogen) atoms. The highest BCUT2D eigenvalue weighted by atomic mass is 32.2. The van der Waals surface area contributed by atoms with Crippen molar-refractivity contribution in [2.45, 2.75) is 6.54 Å². The zero-order valence-electron chi connectivity index (χ0n) is 14.0. The summed E-state index contributed by atoms with van der Waals surface area (Å²) in [6.45, 7) is 1.25. The molecule has 8 heteroatoms. The number of oxazole rings is 1. The van der Waals surface area contributed by atoms with Gasteiger partial charge in [-0.15, -0.1) is 0 Å². The molecule has 0 spiro atoms. The number of benzene rings is 2. The molecular weight excluding hydrogens is 357 g/mol. The number of nitrogens with two attached hydrogens (primary N) is 1. The zero-order chi connectivity index (χ0) is 18.3. The number of fused-ring (bicyclic) bond motifs is 1. The largest absolute Gasteiger partial charge is 0.423 e. The number of nitrogens with zero attached hydrogens (tertiary/aromatic N) is 2. The van der Waals surface area contributed by atoms with Crippen molar-refractivity contribution in [3.8, 4) is 11.1 Å². The van der Waals surface area contributed by atoms with Crippen LogP contribution < -0.4 is 5.73 Å². The van der Waals surface area contributed by atoms with E-state index in [9.17, 15) is 12.8 Å². The molecule has 0 amide bonds. The molecular formula is C18H18FN3O3S.